The molecule has 2 amide bonds. The minimum atomic E-state index is -0.672. The molecule has 2 aromatic carbocycles. The molecule has 8 heteroatoms. The van der Waals surface area contributed by atoms with Gasteiger partial charge in [-0.25, -0.2) is 4.79 Å². The first-order valence-electron chi connectivity index (χ1n) is 7.58. The van der Waals surface area contributed by atoms with E-state index >= 15 is 0 Å². The fourth-order valence-corrected chi connectivity index (χ4v) is 2.37. The standard InChI is InChI=1S/C18H16Cl2N2O4/c1-22(10-16(23)21-15-8-3-2-7-14(15)20)17(24)11-26-18(25)12-5-4-6-13(19)9-12/h2-9H,10-11H2,1H3,(H,21,23). The van der Waals surface area contributed by atoms with Gasteiger partial charge < -0.3 is 15.0 Å². The van der Waals surface area contributed by atoms with Gasteiger partial charge in [-0.3, -0.25) is 9.59 Å². The van der Waals surface area contributed by atoms with Gasteiger partial charge in [-0.1, -0.05) is 41.4 Å². The Morgan fingerprint density at radius 3 is 2.50 bits per heavy atom. The summed E-state index contributed by atoms with van der Waals surface area (Å²) in [7, 11) is 1.43. The largest absolute Gasteiger partial charge is 0.452 e. The number of halogens is 2. The van der Waals surface area contributed by atoms with E-state index in [0.717, 1.165) is 4.90 Å². The van der Waals surface area contributed by atoms with Crippen molar-refractivity contribution in [2.75, 3.05) is 25.5 Å². The average molecular weight is 395 g/mol. The van der Waals surface area contributed by atoms with Crippen LogP contribution in [0.5, 0.6) is 0 Å². The van der Waals surface area contributed by atoms with Crippen molar-refractivity contribution in [3.8, 4) is 0 Å². The maximum atomic E-state index is 12.0. The van der Waals surface area contributed by atoms with Crippen LogP contribution < -0.4 is 5.32 Å². The van der Waals surface area contributed by atoms with Crippen molar-refractivity contribution in [3.63, 3.8) is 0 Å². The van der Waals surface area contributed by atoms with Gasteiger partial charge >= 0.3 is 5.97 Å². The molecule has 2 rings (SSSR count). The van der Waals surface area contributed by atoms with Crippen LogP contribution in [-0.4, -0.2) is 42.9 Å². The maximum absolute atomic E-state index is 12.0. The summed E-state index contributed by atoms with van der Waals surface area (Å²) in [5.74, 6) is -1.61. The number of benzene rings is 2. The Hall–Kier alpha value is -2.57. The van der Waals surface area contributed by atoms with Crippen LogP contribution in [0.15, 0.2) is 48.5 Å². The van der Waals surface area contributed by atoms with E-state index in [9.17, 15) is 14.4 Å². The molecule has 0 spiro atoms. The number of amides is 2. The van der Waals surface area contributed by atoms with E-state index in [0.29, 0.717) is 15.7 Å². The average Bonchev–Trinajstić information content (AvgIpc) is 2.61. The number of likely N-dealkylation sites (N-methyl/N-ethyl adjacent to an activating group) is 1. The molecule has 0 saturated carbocycles. The molecule has 0 saturated heterocycles. The molecule has 0 fully saturated rings. The van der Waals surface area contributed by atoms with Gasteiger partial charge in [0, 0.05) is 12.1 Å². The number of hydrogen-bond donors (Lipinski definition) is 1. The minimum Gasteiger partial charge on any atom is -0.452 e. The van der Waals surface area contributed by atoms with Crippen LogP contribution in [0.4, 0.5) is 5.69 Å². The summed E-state index contributed by atoms with van der Waals surface area (Å²) >= 11 is 11.8. The second-order valence-electron chi connectivity index (χ2n) is 5.36. The van der Waals surface area contributed by atoms with E-state index in [1.54, 1.807) is 36.4 Å². The highest BCUT2D eigenvalue weighted by Gasteiger charge is 2.16. The fourth-order valence-electron chi connectivity index (χ4n) is 1.99. The fraction of sp³-hybridized carbons (Fsp3) is 0.167. The van der Waals surface area contributed by atoms with Gasteiger partial charge in [0.05, 0.1) is 22.8 Å². The second-order valence-corrected chi connectivity index (χ2v) is 6.21. The first-order valence-corrected chi connectivity index (χ1v) is 8.33. The van der Waals surface area contributed by atoms with E-state index in [2.05, 4.69) is 5.32 Å². The Bertz CT molecular complexity index is 826. The van der Waals surface area contributed by atoms with E-state index in [4.69, 9.17) is 27.9 Å². The Balaban J connectivity index is 1.82. The monoisotopic (exact) mass is 394 g/mol. The molecule has 0 atom stereocenters. The smallest absolute Gasteiger partial charge is 0.338 e. The van der Waals surface area contributed by atoms with Crippen LogP contribution >= 0.6 is 23.2 Å². The number of anilines is 1. The van der Waals surface area contributed by atoms with E-state index in [1.165, 1.54) is 19.2 Å². The predicted molar refractivity (Wildman–Crippen MR) is 99.5 cm³/mol. The van der Waals surface area contributed by atoms with Crippen molar-refractivity contribution >= 4 is 46.7 Å². The quantitative estimate of drug-likeness (QED) is 0.762. The minimum absolute atomic E-state index is 0.210. The number of para-hydroxylation sites is 1. The molecule has 26 heavy (non-hydrogen) atoms. The summed E-state index contributed by atoms with van der Waals surface area (Å²) in [6, 6.07) is 12.9. The van der Waals surface area contributed by atoms with E-state index < -0.39 is 24.4 Å². The number of esters is 1. The summed E-state index contributed by atoms with van der Waals surface area (Å²) in [5.41, 5.74) is 0.691. The highest BCUT2D eigenvalue weighted by Crippen LogP contribution is 2.20. The number of rotatable bonds is 6. The van der Waals surface area contributed by atoms with Gasteiger partial charge in [-0.2, -0.15) is 0 Å². The van der Waals surface area contributed by atoms with Crippen LogP contribution in [0.25, 0.3) is 0 Å². The topological polar surface area (TPSA) is 75.7 Å². The number of hydrogen-bond acceptors (Lipinski definition) is 4. The third-order valence-corrected chi connectivity index (χ3v) is 3.91. The maximum Gasteiger partial charge on any atom is 0.338 e. The highest BCUT2D eigenvalue weighted by atomic mass is 35.5. The van der Waals surface area contributed by atoms with Crippen molar-refractivity contribution in [3.05, 3.63) is 64.1 Å². The zero-order chi connectivity index (χ0) is 19.1. The molecule has 0 aliphatic carbocycles. The highest BCUT2D eigenvalue weighted by molar-refractivity contribution is 6.33. The Labute approximate surface area is 160 Å². The summed E-state index contributed by atoms with van der Waals surface area (Å²) in [6.07, 6.45) is 0. The third-order valence-electron chi connectivity index (χ3n) is 3.34. The van der Waals surface area contributed by atoms with Crippen molar-refractivity contribution in [1.82, 2.24) is 4.90 Å². The molecule has 2 aromatic rings. The lowest BCUT2D eigenvalue weighted by Gasteiger charge is -2.17. The van der Waals surface area contributed by atoms with Gasteiger partial charge in [0.2, 0.25) is 5.91 Å². The van der Waals surface area contributed by atoms with E-state index in [-0.39, 0.29) is 12.1 Å². The molecule has 0 heterocycles. The number of nitrogens with one attached hydrogen (secondary N) is 1. The van der Waals surface area contributed by atoms with Crippen LogP contribution in [0.1, 0.15) is 10.4 Å². The molecule has 0 bridgehead atoms. The first-order chi connectivity index (χ1) is 12.4. The molecular formula is C18H16Cl2N2O4. The van der Waals surface area contributed by atoms with Gasteiger partial charge in [0.15, 0.2) is 6.61 Å². The lowest BCUT2D eigenvalue weighted by Crippen LogP contribution is -2.37. The molecule has 0 aromatic heterocycles. The first kappa shape index (κ1) is 19.8. The summed E-state index contributed by atoms with van der Waals surface area (Å²) in [4.78, 5) is 37.0. The molecule has 0 radical (unpaired) electrons. The zero-order valence-corrected chi connectivity index (χ0v) is 15.4. The van der Waals surface area contributed by atoms with E-state index in [1.807, 2.05) is 0 Å². The number of carbonyl (C=O) groups is 3. The Morgan fingerprint density at radius 1 is 1.08 bits per heavy atom. The second kappa shape index (κ2) is 9.22. The van der Waals surface area contributed by atoms with Gasteiger partial charge in [0.1, 0.15) is 0 Å². The van der Waals surface area contributed by atoms with Crippen molar-refractivity contribution in [2.24, 2.45) is 0 Å². The zero-order valence-electron chi connectivity index (χ0n) is 13.9. The van der Waals surface area contributed by atoms with Crippen molar-refractivity contribution < 1.29 is 19.1 Å². The molecule has 0 unspecified atom stereocenters. The lowest BCUT2D eigenvalue weighted by molar-refractivity contribution is -0.136. The van der Waals surface area contributed by atoms with Gasteiger partial charge in [-0.05, 0) is 30.3 Å². The number of ether oxygens (including phenoxy) is 1. The number of carbonyl (C=O) groups excluding carboxylic acids is 3. The lowest BCUT2D eigenvalue weighted by atomic mass is 10.2. The molecule has 136 valence electrons. The van der Waals surface area contributed by atoms with Crippen LogP contribution in [0.3, 0.4) is 0 Å². The van der Waals surface area contributed by atoms with Crippen molar-refractivity contribution in [2.45, 2.75) is 0 Å². The summed E-state index contributed by atoms with van der Waals surface area (Å²) in [6.45, 7) is -0.694. The van der Waals surface area contributed by atoms with Crippen LogP contribution in [0, 0.1) is 0 Å². The Morgan fingerprint density at radius 2 is 1.81 bits per heavy atom. The normalized spacial score (nSPS) is 10.1. The third kappa shape index (κ3) is 5.75. The number of nitrogens with zero attached hydrogens (tertiary/aromatic N) is 1. The Kier molecular flexibility index (Phi) is 7.00. The molecular weight excluding hydrogens is 379 g/mol. The van der Waals surface area contributed by atoms with Gasteiger partial charge in [0.25, 0.3) is 5.91 Å². The van der Waals surface area contributed by atoms with Crippen LogP contribution in [-0.2, 0) is 14.3 Å². The van der Waals surface area contributed by atoms with Crippen molar-refractivity contribution in [1.29, 1.82) is 0 Å². The summed E-state index contributed by atoms with van der Waals surface area (Å²) < 4.78 is 4.94. The molecule has 0 aliphatic rings. The van der Waals surface area contributed by atoms with Crippen LogP contribution in [0.2, 0.25) is 10.0 Å². The van der Waals surface area contributed by atoms with Gasteiger partial charge in [-0.15, -0.1) is 0 Å². The summed E-state index contributed by atoms with van der Waals surface area (Å²) in [5, 5.41) is 3.39. The SMILES string of the molecule is CN(CC(=O)Nc1ccccc1Cl)C(=O)COC(=O)c1cccc(Cl)c1. The predicted octanol–water partition coefficient (Wildman–Crippen LogP) is 3.25. The molecule has 0 aliphatic heterocycles. The molecule has 1 N–H and O–H groups in total. The molecule has 6 nitrogen and oxygen atoms in total.